The van der Waals surface area contributed by atoms with Crippen LogP contribution in [0.3, 0.4) is 0 Å². The number of rotatable bonds is 5. The highest BCUT2D eigenvalue weighted by atomic mass is 35.5. The molecule has 30 heavy (non-hydrogen) atoms. The van der Waals surface area contributed by atoms with E-state index in [0.717, 1.165) is 10.4 Å². The molecule has 0 radical (unpaired) electrons. The maximum absolute atomic E-state index is 13.1. The fraction of sp³-hybridized carbons (Fsp3) is 0.217. The standard InChI is InChI=1S/C23H21ClN2O3S/c24-19-8-3-1-6-17(19)16-29-20-9-4-2-7-18(20)22(27)25-11-13-26(14-12-25)23(28)21-10-5-15-30-21/h1-10,15H,11-14,16H2. The zero-order chi connectivity index (χ0) is 20.9. The van der Waals surface area contributed by atoms with Crippen LogP contribution in [0.5, 0.6) is 5.75 Å². The first kappa shape index (κ1) is 20.4. The maximum Gasteiger partial charge on any atom is 0.264 e. The molecule has 0 atom stereocenters. The third kappa shape index (κ3) is 4.50. The Bertz CT molecular complexity index is 1030. The van der Waals surface area contributed by atoms with Crippen molar-refractivity contribution in [1.82, 2.24) is 9.80 Å². The van der Waals surface area contributed by atoms with Gasteiger partial charge in [-0.15, -0.1) is 11.3 Å². The maximum atomic E-state index is 13.1. The first-order valence-electron chi connectivity index (χ1n) is 9.71. The summed E-state index contributed by atoms with van der Waals surface area (Å²) in [5.74, 6) is 0.466. The molecule has 7 heteroatoms. The van der Waals surface area contributed by atoms with Gasteiger partial charge in [0.25, 0.3) is 11.8 Å². The monoisotopic (exact) mass is 440 g/mol. The molecule has 1 aliphatic rings. The second kappa shape index (κ2) is 9.32. The molecule has 0 saturated carbocycles. The van der Waals surface area contributed by atoms with Gasteiger partial charge in [-0.1, -0.05) is 48.0 Å². The molecular formula is C23H21ClN2O3S. The SMILES string of the molecule is O=C(c1cccs1)N1CCN(C(=O)c2ccccc2OCc2ccccc2Cl)CC1. The van der Waals surface area contributed by atoms with E-state index >= 15 is 0 Å². The van der Waals surface area contributed by atoms with Gasteiger partial charge in [-0.25, -0.2) is 0 Å². The van der Waals surface area contributed by atoms with Gasteiger partial charge in [0.15, 0.2) is 0 Å². The minimum absolute atomic E-state index is 0.0283. The van der Waals surface area contributed by atoms with Crippen LogP contribution in [0.2, 0.25) is 5.02 Å². The lowest BCUT2D eigenvalue weighted by Gasteiger charge is -2.34. The third-order valence-corrected chi connectivity index (χ3v) is 6.27. The number of hydrogen-bond acceptors (Lipinski definition) is 4. The summed E-state index contributed by atoms with van der Waals surface area (Å²) >= 11 is 7.64. The number of carbonyl (C=O) groups is 2. The average Bonchev–Trinajstić information content (AvgIpc) is 3.33. The molecule has 2 amide bonds. The number of ether oxygens (including phenoxy) is 1. The minimum Gasteiger partial charge on any atom is -0.488 e. The van der Waals surface area contributed by atoms with Crippen LogP contribution < -0.4 is 4.74 Å². The van der Waals surface area contributed by atoms with Crippen LogP contribution >= 0.6 is 22.9 Å². The first-order chi connectivity index (χ1) is 14.6. The molecule has 1 fully saturated rings. The molecular weight excluding hydrogens is 420 g/mol. The number of carbonyl (C=O) groups excluding carboxylic acids is 2. The highest BCUT2D eigenvalue weighted by Crippen LogP contribution is 2.24. The summed E-state index contributed by atoms with van der Waals surface area (Å²) in [6.45, 7) is 2.31. The van der Waals surface area contributed by atoms with Crippen molar-refractivity contribution in [2.24, 2.45) is 0 Å². The van der Waals surface area contributed by atoms with E-state index < -0.39 is 0 Å². The predicted molar refractivity (Wildman–Crippen MR) is 118 cm³/mol. The number of piperazine rings is 1. The number of para-hydroxylation sites is 1. The topological polar surface area (TPSA) is 49.9 Å². The van der Waals surface area contributed by atoms with E-state index in [-0.39, 0.29) is 18.4 Å². The van der Waals surface area contributed by atoms with Gasteiger partial charge < -0.3 is 14.5 Å². The minimum atomic E-state index is -0.0898. The number of thiophene rings is 1. The Hall–Kier alpha value is -2.83. The summed E-state index contributed by atoms with van der Waals surface area (Å²) in [5, 5.41) is 2.53. The Balaban J connectivity index is 1.40. The number of halogens is 1. The summed E-state index contributed by atoms with van der Waals surface area (Å²) in [4.78, 5) is 29.9. The lowest BCUT2D eigenvalue weighted by Crippen LogP contribution is -2.50. The molecule has 0 unspecified atom stereocenters. The molecule has 2 heterocycles. The fourth-order valence-corrected chi connectivity index (χ4v) is 4.26. The first-order valence-corrected chi connectivity index (χ1v) is 11.0. The molecule has 5 nitrogen and oxygen atoms in total. The highest BCUT2D eigenvalue weighted by molar-refractivity contribution is 7.12. The average molecular weight is 441 g/mol. The van der Waals surface area contributed by atoms with Gasteiger partial charge in [-0.2, -0.15) is 0 Å². The molecule has 0 spiro atoms. The molecule has 1 saturated heterocycles. The van der Waals surface area contributed by atoms with Gasteiger partial charge in [0.1, 0.15) is 12.4 Å². The number of hydrogen-bond donors (Lipinski definition) is 0. The zero-order valence-corrected chi connectivity index (χ0v) is 17.9. The zero-order valence-electron chi connectivity index (χ0n) is 16.3. The van der Waals surface area contributed by atoms with Crippen molar-refractivity contribution >= 4 is 34.8 Å². The van der Waals surface area contributed by atoms with Gasteiger partial charge >= 0.3 is 0 Å². The van der Waals surface area contributed by atoms with Crippen molar-refractivity contribution in [3.05, 3.63) is 87.1 Å². The Kier molecular flexibility index (Phi) is 6.35. The molecule has 0 bridgehead atoms. The van der Waals surface area contributed by atoms with Crippen LogP contribution in [-0.2, 0) is 6.61 Å². The molecule has 154 valence electrons. The van der Waals surface area contributed by atoms with E-state index in [1.807, 2.05) is 53.9 Å². The fourth-order valence-electron chi connectivity index (χ4n) is 3.38. The molecule has 1 aliphatic heterocycles. The summed E-state index contributed by atoms with van der Waals surface area (Å²) < 4.78 is 5.93. The van der Waals surface area contributed by atoms with E-state index in [1.54, 1.807) is 21.9 Å². The van der Waals surface area contributed by atoms with Crippen molar-refractivity contribution in [3.8, 4) is 5.75 Å². The van der Waals surface area contributed by atoms with E-state index in [4.69, 9.17) is 16.3 Å². The van der Waals surface area contributed by atoms with E-state index in [0.29, 0.717) is 42.5 Å². The summed E-state index contributed by atoms with van der Waals surface area (Å²) in [6.07, 6.45) is 0. The molecule has 2 aromatic carbocycles. The van der Waals surface area contributed by atoms with Crippen LogP contribution in [0.1, 0.15) is 25.6 Å². The van der Waals surface area contributed by atoms with Crippen molar-refractivity contribution in [2.45, 2.75) is 6.61 Å². The smallest absolute Gasteiger partial charge is 0.264 e. The number of benzene rings is 2. The number of amides is 2. The number of nitrogens with zero attached hydrogens (tertiary/aromatic N) is 2. The lowest BCUT2D eigenvalue weighted by atomic mass is 10.1. The quantitative estimate of drug-likeness (QED) is 0.583. The molecule has 0 aliphatic carbocycles. The summed E-state index contributed by atoms with van der Waals surface area (Å²) in [7, 11) is 0. The van der Waals surface area contributed by atoms with Crippen molar-refractivity contribution in [1.29, 1.82) is 0 Å². The molecule has 4 rings (SSSR count). The van der Waals surface area contributed by atoms with Gasteiger partial charge in [-0.3, -0.25) is 9.59 Å². The van der Waals surface area contributed by atoms with Crippen LogP contribution in [0.25, 0.3) is 0 Å². The lowest BCUT2D eigenvalue weighted by molar-refractivity contribution is 0.0535. The van der Waals surface area contributed by atoms with Gasteiger partial charge in [0.05, 0.1) is 10.4 Å². The van der Waals surface area contributed by atoms with Crippen molar-refractivity contribution in [2.75, 3.05) is 26.2 Å². The largest absolute Gasteiger partial charge is 0.488 e. The molecule has 1 aromatic heterocycles. The Labute approximate surface area is 184 Å². The predicted octanol–water partition coefficient (Wildman–Crippen LogP) is 4.58. The van der Waals surface area contributed by atoms with Crippen molar-refractivity contribution < 1.29 is 14.3 Å². The van der Waals surface area contributed by atoms with Crippen LogP contribution in [0.15, 0.2) is 66.0 Å². The van der Waals surface area contributed by atoms with Crippen molar-refractivity contribution in [3.63, 3.8) is 0 Å². The molecule has 3 aromatic rings. The molecule has 0 N–H and O–H groups in total. The van der Waals surface area contributed by atoms with Gasteiger partial charge in [0, 0.05) is 36.8 Å². The van der Waals surface area contributed by atoms with Crippen LogP contribution in [-0.4, -0.2) is 47.8 Å². The van der Waals surface area contributed by atoms with Crippen LogP contribution in [0, 0.1) is 0 Å². The summed E-state index contributed by atoms with van der Waals surface area (Å²) in [6, 6.07) is 18.4. The Morgan fingerprint density at radius 2 is 1.53 bits per heavy atom. The normalized spacial score (nSPS) is 13.9. The van der Waals surface area contributed by atoms with Gasteiger partial charge in [0.2, 0.25) is 0 Å². The van der Waals surface area contributed by atoms with E-state index in [1.165, 1.54) is 11.3 Å². The Morgan fingerprint density at radius 1 is 0.867 bits per heavy atom. The second-order valence-electron chi connectivity index (χ2n) is 6.94. The van der Waals surface area contributed by atoms with Gasteiger partial charge in [-0.05, 0) is 29.6 Å². The third-order valence-electron chi connectivity index (χ3n) is 5.04. The second-order valence-corrected chi connectivity index (χ2v) is 8.29. The van der Waals surface area contributed by atoms with E-state index in [9.17, 15) is 9.59 Å². The van der Waals surface area contributed by atoms with Crippen LogP contribution in [0.4, 0.5) is 0 Å². The summed E-state index contributed by atoms with van der Waals surface area (Å²) in [5.41, 5.74) is 1.38. The highest BCUT2D eigenvalue weighted by Gasteiger charge is 2.27. The van der Waals surface area contributed by atoms with E-state index in [2.05, 4.69) is 0 Å². The Morgan fingerprint density at radius 3 is 2.23 bits per heavy atom.